The summed E-state index contributed by atoms with van der Waals surface area (Å²) in [6.45, 7) is 0. The highest BCUT2D eigenvalue weighted by Gasteiger charge is 1.99. The predicted molar refractivity (Wildman–Crippen MR) is 71.8 cm³/mol. The Bertz CT molecular complexity index is 782. The van der Waals surface area contributed by atoms with Gasteiger partial charge in [0.25, 0.3) is 0 Å². The first kappa shape index (κ1) is 11.9. The zero-order chi connectivity index (χ0) is 13.9. The van der Waals surface area contributed by atoms with Crippen molar-refractivity contribution in [1.82, 2.24) is 19.8 Å². The summed E-state index contributed by atoms with van der Waals surface area (Å²) < 4.78 is 1.52. The van der Waals surface area contributed by atoms with Crippen LogP contribution in [0.25, 0.3) is 5.65 Å². The quantitative estimate of drug-likeness (QED) is 0.372. The first-order valence-electron chi connectivity index (χ1n) is 5.70. The number of anilines is 1. The molecule has 8 nitrogen and oxygen atoms in total. The number of phenols is 2. The minimum Gasteiger partial charge on any atom is -0.504 e. The predicted octanol–water partition coefficient (Wildman–Crippen LogP) is 0.981. The van der Waals surface area contributed by atoms with Crippen molar-refractivity contribution in [2.75, 3.05) is 5.43 Å². The first-order valence-corrected chi connectivity index (χ1v) is 5.70. The highest BCUT2D eigenvalue weighted by molar-refractivity contribution is 5.81. The van der Waals surface area contributed by atoms with Crippen LogP contribution in [0.5, 0.6) is 11.5 Å². The average molecular weight is 270 g/mol. The third-order valence-corrected chi connectivity index (χ3v) is 2.55. The van der Waals surface area contributed by atoms with Crippen LogP contribution in [-0.4, -0.2) is 36.2 Å². The van der Waals surface area contributed by atoms with E-state index >= 15 is 0 Å². The van der Waals surface area contributed by atoms with Crippen LogP contribution in [0.4, 0.5) is 5.82 Å². The van der Waals surface area contributed by atoms with Crippen LogP contribution in [0.2, 0.25) is 0 Å². The van der Waals surface area contributed by atoms with Gasteiger partial charge in [0, 0.05) is 0 Å². The van der Waals surface area contributed by atoms with Gasteiger partial charge in [0.15, 0.2) is 23.0 Å². The minimum absolute atomic E-state index is 0.171. The number of benzene rings is 1. The van der Waals surface area contributed by atoms with Crippen molar-refractivity contribution in [1.29, 1.82) is 0 Å². The Balaban J connectivity index is 1.74. The van der Waals surface area contributed by atoms with E-state index in [0.717, 1.165) is 0 Å². The smallest absolute Gasteiger partial charge is 0.177 e. The van der Waals surface area contributed by atoms with Gasteiger partial charge in [-0.1, -0.05) is 0 Å². The molecule has 0 saturated carbocycles. The van der Waals surface area contributed by atoms with Gasteiger partial charge >= 0.3 is 0 Å². The minimum atomic E-state index is -0.196. The molecule has 2 heterocycles. The molecule has 0 atom stereocenters. The SMILES string of the molecule is Oc1ccc(C=NNc2ccc3nncn3n2)cc1O. The van der Waals surface area contributed by atoms with Crippen LogP contribution in [-0.2, 0) is 0 Å². The maximum Gasteiger partial charge on any atom is 0.177 e. The van der Waals surface area contributed by atoms with E-state index in [-0.39, 0.29) is 11.5 Å². The van der Waals surface area contributed by atoms with Gasteiger partial charge in [-0.05, 0) is 35.9 Å². The molecule has 1 aromatic carbocycles. The number of nitrogens with zero attached hydrogens (tertiary/aromatic N) is 5. The summed E-state index contributed by atoms with van der Waals surface area (Å²) in [5.41, 5.74) is 4.03. The molecule has 2 aromatic heterocycles. The molecule has 0 fully saturated rings. The lowest BCUT2D eigenvalue weighted by Gasteiger charge is -2.00. The second kappa shape index (κ2) is 4.84. The van der Waals surface area contributed by atoms with Crippen molar-refractivity contribution in [2.24, 2.45) is 5.10 Å². The fraction of sp³-hybridized carbons (Fsp3) is 0. The Labute approximate surface area is 113 Å². The third kappa shape index (κ3) is 2.34. The summed E-state index contributed by atoms with van der Waals surface area (Å²) in [6.07, 6.45) is 2.99. The molecule has 3 N–H and O–H groups in total. The summed E-state index contributed by atoms with van der Waals surface area (Å²) in [7, 11) is 0. The van der Waals surface area contributed by atoms with Crippen LogP contribution >= 0.6 is 0 Å². The largest absolute Gasteiger partial charge is 0.504 e. The third-order valence-electron chi connectivity index (χ3n) is 2.55. The summed E-state index contributed by atoms with van der Waals surface area (Å²) in [6, 6.07) is 7.88. The van der Waals surface area contributed by atoms with Crippen molar-refractivity contribution in [3.05, 3.63) is 42.2 Å². The van der Waals surface area contributed by atoms with Gasteiger partial charge in [-0.2, -0.15) is 9.62 Å². The summed E-state index contributed by atoms with van der Waals surface area (Å²) in [5.74, 6) is 0.157. The molecular formula is C12H10N6O2. The number of rotatable bonds is 3. The van der Waals surface area contributed by atoms with E-state index in [1.165, 1.54) is 29.2 Å². The van der Waals surface area contributed by atoms with Gasteiger partial charge in [0.2, 0.25) is 0 Å². The van der Waals surface area contributed by atoms with Crippen LogP contribution in [0.15, 0.2) is 41.8 Å². The fourth-order valence-electron chi connectivity index (χ4n) is 1.58. The zero-order valence-corrected chi connectivity index (χ0v) is 10.2. The highest BCUT2D eigenvalue weighted by Crippen LogP contribution is 2.23. The second-order valence-corrected chi connectivity index (χ2v) is 3.97. The number of nitrogens with one attached hydrogen (secondary N) is 1. The number of aromatic nitrogens is 4. The molecule has 0 bridgehead atoms. The Morgan fingerprint density at radius 2 is 2.05 bits per heavy atom. The Morgan fingerprint density at radius 1 is 1.15 bits per heavy atom. The fourth-order valence-corrected chi connectivity index (χ4v) is 1.58. The van der Waals surface area contributed by atoms with Gasteiger partial charge in [-0.25, -0.2) is 0 Å². The van der Waals surface area contributed by atoms with E-state index in [1.807, 2.05) is 0 Å². The van der Waals surface area contributed by atoms with Crippen molar-refractivity contribution in [2.45, 2.75) is 0 Å². The Kier molecular flexibility index (Phi) is 2.88. The van der Waals surface area contributed by atoms with E-state index in [4.69, 9.17) is 0 Å². The van der Waals surface area contributed by atoms with Crippen LogP contribution in [0.1, 0.15) is 5.56 Å². The molecule has 100 valence electrons. The number of fused-ring (bicyclic) bond motifs is 1. The normalized spacial score (nSPS) is 11.2. The number of hydrogen-bond donors (Lipinski definition) is 3. The van der Waals surface area contributed by atoms with E-state index in [1.54, 1.807) is 18.2 Å². The molecule has 0 aliphatic carbocycles. The van der Waals surface area contributed by atoms with Gasteiger partial charge in [0.05, 0.1) is 6.21 Å². The Morgan fingerprint density at radius 3 is 2.90 bits per heavy atom. The maximum atomic E-state index is 9.35. The van der Waals surface area contributed by atoms with Gasteiger partial charge in [-0.15, -0.1) is 15.3 Å². The molecule has 0 saturated heterocycles. The molecule has 0 radical (unpaired) electrons. The molecule has 0 amide bonds. The molecule has 20 heavy (non-hydrogen) atoms. The van der Waals surface area contributed by atoms with E-state index in [9.17, 15) is 10.2 Å². The summed E-state index contributed by atoms with van der Waals surface area (Å²) in [4.78, 5) is 0. The van der Waals surface area contributed by atoms with E-state index < -0.39 is 0 Å². The van der Waals surface area contributed by atoms with E-state index in [0.29, 0.717) is 17.0 Å². The summed E-state index contributed by atoms with van der Waals surface area (Å²) in [5, 5.41) is 34.3. The number of hydrogen-bond acceptors (Lipinski definition) is 7. The van der Waals surface area contributed by atoms with Crippen molar-refractivity contribution >= 4 is 17.7 Å². The first-order chi connectivity index (χ1) is 9.72. The lowest BCUT2D eigenvalue weighted by atomic mass is 10.2. The van der Waals surface area contributed by atoms with Gasteiger partial charge in [0.1, 0.15) is 6.33 Å². The lowest BCUT2D eigenvalue weighted by molar-refractivity contribution is 0.403. The van der Waals surface area contributed by atoms with Gasteiger partial charge in [-0.3, -0.25) is 5.43 Å². The monoisotopic (exact) mass is 270 g/mol. The molecule has 8 heteroatoms. The highest BCUT2D eigenvalue weighted by atomic mass is 16.3. The summed E-state index contributed by atoms with van der Waals surface area (Å²) >= 11 is 0. The van der Waals surface area contributed by atoms with Crippen molar-refractivity contribution in [3.63, 3.8) is 0 Å². The number of aromatic hydroxyl groups is 2. The second-order valence-electron chi connectivity index (χ2n) is 3.97. The standard InChI is InChI=1S/C12H10N6O2/c19-9-2-1-8(5-10(9)20)6-13-15-11-3-4-12-16-14-7-18(12)17-11/h1-7,19-20H,(H,15,17). The molecule has 0 unspecified atom stereocenters. The number of phenolic OH excluding ortho intramolecular Hbond substituents is 2. The molecule has 0 spiro atoms. The maximum absolute atomic E-state index is 9.35. The number of hydrazone groups is 1. The zero-order valence-electron chi connectivity index (χ0n) is 10.2. The van der Waals surface area contributed by atoms with Crippen LogP contribution < -0.4 is 5.43 Å². The van der Waals surface area contributed by atoms with Gasteiger partial charge < -0.3 is 10.2 Å². The molecule has 0 aliphatic heterocycles. The van der Waals surface area contributed by atoms with Crippen LogP contribution in [0, 0.1) is 0 Å². The molecular weight excluding hydrogens is 260 g/mol. The molecule has 0 aliphatic rings. The Hall–Kier alpha value is -3.16. The van der Waals surface area contributed by atoms with Crippen molar-refractivity contribution < 1.29 is 10.2 Å². The topological polar surface area (TPSA) is 108 Å². The van der Waals surface area contributed by atoms with Crippen molar-refractivity contribution in [3.8, 4) is 11.5 Å². The van der Waals surface area contributed by atoms with E-state index in [2.05, 4.69) is 25.8 Å². The molecule has 3 aromatic rings. The molecule has 3 rings (SSSR count). The van der Waals surface area contributed by atoms with Crippen LogP contribution in [0.3, 0.4) is 0 Å². The average Bonchev–Trinajstić information content (AvgIpc) is 2.90. The lowest BCUT2D eigenvalue weighted by Crippen LogP contribution is -1.98.